The number of aryl methyl sites for hydroxylation is 2. The number of hydrogen-bond donors (Lipinski definition) is 1. The number of benzene rings is 3. The Kier molecular flexibility index (Phi) is 8.84. The number of amides is 1. The van der Waals surface area contributed by atoms with Gasteiger partial charge in [-0.05, 0) is 74.3 Å². The summed E-state index contributed by atoms with van der Waals surface area (Å²) in [5.41, 5.74) is 6.45. The normalized spacial score (nSPS) is 21.7. The number of piperazine rings is 1. The molecule has 1 N–H and O–H groups in total. The maximum Gasteiger partial charge on any atom is 0.223 e. The Balaban J connectivity index is 1.31. The van der Waals surface area contributed by atoms with E-state index in [2.05, 4.69) is 122 Å². The molecule has 0 aliphatic carbocycles. The maximum absolute atomic E-state index is 13.8. The van der Waals surface area contributed by atoms with Gasteiger partial charge in [-0.1, -0.05) is 78.9 Å². The average molecular weight is 524 g/mol. The minimum absolute atomic E-state index is 0.0820. The molecule has 2 aliphatic rings. The van der Waals surface area contributed by atoms with Crippen LogP contribution in [0.4, 0.5) is 0 Å². The van der Waals surface area contributed by atoms with E-state index in [0.29, 0.717) is 30.5 Å². The van der Waals surface area contributed by atoms with E-state index < -0.39 is 0 Å². The minimum Gasteiger partial charge on any atom is -0.343 e. The first-order chi connectivity index (χ1) is 18.9. The van der Waals surface area contributed by atoms with Gasteiger partial charge in [0, 0.05) is 56.6 Å². The van der Waals surface area contributed by atoms with E-state index in [0.717, 1.165) is 39.0 Å². The highest BCUT2D eigenvalue weighted by atomic mass is 16.2. The molecule has 3 unspecified atom stereocenters. The number of likely N-dealkylation sites (tertiary alicyclic amines) is 1. The maximum atomic E-state index is 13.8. The van der Waals surface area contributed by atoms with Crippen molar-refractivity contribution in [1.82, 2.24) is 15.1 Å². The van der Waals surface area contributed by atoms with Gasteiger partial charge in [0.05, 0.1) is 0 Å². The van der Waals surface area contributed by atoms with Gasteiger partial charge in [-0.2, -0.15) is 0 Å². The highest BCUT2D eigenvalue weighted by Gasteiger charge is 2.36. The molecular weight excluding hydrogens is 478 g/mol. The van der Waals surface area contributed by atoms with Gasteiger partial charge < -0.3 is 10.2 Å². The summed E-state index contributed by atoms with van der Waals surface area (Å²) in [6, 6.07) is 29.6. The van der Waals surface area contributed by atoms with Crippen LogP contribution in [0.2, 0.25) is 0 Å². The van der Waals surface area contributed by atoms with Crippen LogP contribution in [-0.4, -0.2) is 54.0 Å². The summed E-state index contributed by atoms with van der Waals surface area (Å²) in [7, 11) is 0. The largest absolute Gasteiger partial charge is 0.343 e. The van der Waals surface area contributed by atoms with Crippen molar-refractivity contribution >= 4 is 5.91 Å². The molecule has 0 spiro atoms. The lowest BCUT2D eigenvalue weighted by Crippen LogP contribution is -2.56. The highest BCUT2D eigenvalue weighted by molar-refractivity contribution is 5.78. The summed E-state index contributed by atoms with van der Waals surface area (Å²) in [5.74, 6) is 0.918. The number of carbonyl (C=O) groups is 1. The lowest BCUT2D eigenvalue weighted by molar-refractivity contribution is -0.133. The highest BCUT2D eigenvalue weighted by Crippen LogP contribution is 2.38. The number of carbonyl (C=O) groups excluding carboxylic acids is 1. The minimum atomic E-state index is 0.0820. The zero-order valence-corrected chi connectivity index (χ0v) is 24.1. The Morgan fingerprint density at radius 3 is 1.85 bits per heavy atom. The lowest BCUT2D eigenvalue weighted by atomic mass is 9.82. The summed E-state index contributed by atoms with van der Waals surface area (Å²) in [4.78, 5) is 18.7. The molecule has 5 rings (SSSR count). The van der Waals surface area contributed by atoms with Gasteiger partial charge in [0.25, 0.3) is 0 Å². The molecule has 0 saturated carbocycles. The third-order valence-electron chi connectivity index (χ3n) is 8.97. The van der Waals surface area contributed by atoms with Gasteiger partial charge in [-0.3, -0.25) is 9.69 Å². The standard InChI is InChI=1S/C35H45N3O/c1-25-12-8-10-16-31(25)33(32-17-11-9-13-26(32)2)22-34(39)37-20-18-30(19-21-37)35(29-14-6-5-7-15-29)38-23-27(3)36-28(4)24-38/h5-17,27-28,30,33,35-36H,18-24H2,1-4H3. The van der Waals surface area contributed by atoms with Gasteiger partial charge in [-0.25, -0.2) is 0 Å². The second kappa shape index (κ2) is 12.5. The van der Waals surface area contributed by atoms with E-state index in [4.69, 9.17) is 0 Å². The molecule has 206 valence electrons. The summed E-state index contributed by atoms with van der Waals surface area (Å²) < 4.78 is 0. The molecule has 4 heteroatoms. The fourth-order valence-electron chi connectivity index (χ4n) is 7.14. The molecule has 0 aromatic heterocycles. The quantitative estimate of drug-likeness (QED) is 0.385. The Labute approximate surface area is 235 Å². The molecule has 2 fully saturated rings. The van der Waals surface area contributed by atoms with E-state index in [1.54, 1.807) is 0 Å². The number of nitrogens with zero attached hydrogens (tertiary/aromatic N) is 2. The average Bonchev–Trinajstić information content (AvgIpc) is 2.93. The topological polar surface area (TPSA) is 35.6 Å². The molecule has 4 nitrogen and oxygen atoms in total. The third kappa shape index (κ3) is 6.45. The molecule has 3 aromatic carbocycles. The Morgan fingerprint density at radius 1 is 0.795 bits per heavy atom. The first-order valence-electron chi connectivity index (χ1n) is 14.8. The van der Waals surface area contributed by atoms with Gasteiger partial charge in [0.2, 0.25) is 5.91 Å². The Bertz CT molecular complexity index is 1180. The molecule has 2 aliphatic heterocycles. The van der Waals surface area contributed by atoms with Gasteiger partial charge in [0.1, 0.15) is 0 Å². The van der Waals surface area contributed by atoms with Gasteiger partial charge in [0.15, 0.2) is 0 Å². The first-order valence-corrected chi connectivity index (χ1v) is 14.8. The molecule has 2 heterocycles. The summed E-state index contributed by atoms with van der Waals surface area (Å²) in [6.45, 7) is 12.7. The summed E-state index contributed by atoms with van der Waals surface area (Å²) in [5, 5.41) is 3.70. The van der Waals surface area contributed by atoms with Crippen LogP contribution in [0.5, 0.6) is 0 Å². The second-order valence-electron chi connectivity index (χ2n) is 12.0. The van der Waals surface area contributed by atoms with Crippen LogP contribution in [0.25, 0.3) is 0 Å². The second-order valence-corrected chi connectivity index (χ2v) is 12.0. The molecule has 3 atom stereocenters. The smallest absolute Gasteiger partial charge is 0.223 e. The molecule has 39 heavy (non-hydrogen) atoms. The lowest BCUT2D eigenvalue weighted by Gasteiger charge is -2.46. The Hall–Kier alpha value is -2.95. The van der Waals surface area contributed by atoms with Crippen molar-refractivity contribution in [3.63, 3.8) is 0 Å². The predicted molar refractivity (Wildman–Crippen MR) is 161 cm³/mol. The van der Waals surface area contributed by atoms with Crippen LogP contribution in [-0.2, 0) is 4.79 Å². The monoisotopic (exact) mass is 523 g/mol. The molecule has 1 amide bonds. The van der Waals surface area contributed by atoms with Crippen LogP contribution < -0.4 is 5.32 Å². The Morgan fingerprint density at radius 2 is 1.31 bits per heavy atom. The van der Waals surface area contributed by atoms with Gasteiger partial charge >= 0.3 is 0 Å². The predicted octanol–water partition coefficient (Wildman–Crippen LogP) is 6.49. The van der Waals surface area contributed by atoms with Gasteiger partial charge in [-0.15, -0.1) is 0 Å². The van der Waals surface area contributed by atoms with E-state index >= 15 is 0 Å². The molecule has 2 saturated heterocycles. The molecule has 0 radical (unpaired) electrons. The fourth-order valence-corrected chi connectivity index (χ4v) is 7.14. The molecule has 3 aromatic rings. The van der Waals surface area contributed by atoms with Crippen LogP contribution >= 0.6 is 0 Å². The SMILES string of the molecule is Cc1ccccc1C(CC(=O)N1CCC(C(c2ccccc2)N2CC(C)NC(C)C2)CC1)c1ccccc1C. The van der Waals surface area contributed by atoms with Crippen molar-refractivity contribution in [2.45, 2.75) is 71.0 Å². The van der Waals surface area contributed by atoms with Crippen LogP contribution in [0.3, 0.4) is 0 Å². The number of rotatable bonds is 7. The van der Waals surface area contributed by atoms with Crippen molar-refractivity contribution < 1.29 is 4.79 Å². The number of hydrogen-bond acceptors (Lipinski definition) is 3. The third-order valence-corrected chi connectivity index (χ3v) is 8.97. The zero-order chi connectivity index (χ0) is 27.4. The first kappa shape index (κ1) is 27.6. The number of nitrogens with one attached hydrogen (secondary N) is 1. The molecule has 0 bridgehead atoms. The van der Waals surface area contributed by atoms with Crippen molar-refractivity contribution in [3.8, 4) is 0 Å². The van der Waals surface area contributed by atoms with Crippen LogP contribution in [0, 0.1) is 19.8 Å². The van der Waals surface area contributed by atoms with E-state index in [1.165, 1.54) is 27.8 Å². The van der Waals surface area contributed by atoms with Crippen LogP contribution in [0.1, 0.15) is 72.9 Å². The van der Waals surface area contributed by atoms with Crippen molar-refractivity contribution in [2.75, 3.05) is 26.2 Å². The molecular formula is C35H45N3O. The summed E-state index contributed by atoms with van der Waals surface area (Å²) in [6.07, 6.45) is 2.63. The van der Waals surface area contributed by atoms with Crippen molar-refractivity contribution in [1.29, 1.82) is 0 Å². The zero-order valence-electron chi connectivity index (χ0n) is 24.1. The number of piperidine rings is 1. The van der Waals surface area contributed by atoms with E-state index in [1.807, 2.05) is 0 Å². The van der Waals surface area contributed by atoms with E-state index in [9.17, 15) is 4.79 Å². The van der Waals surface area contributed by atoms with Crippen molar-refractivity contribution in [3.05, 3.63) is 107 Å². The van der Waals surface area contributed by atoms with Crippen LogP contribution in [0.15, 0.2) is 78.9 Å². The van der Waals surface area contributed by atoms with E-state index in [-0.39, 0.29) is 11.8 Å². The summed E-state index contributed by atoms with van der Waals surface area (Å²) >= 11 is 0. The fraction of sp³-hybridized carbons (Fsp3) is 0.457. The van der Waals surface area contributed by atoms with Crippen molar-refractivity contribution in [2.24, 2.45) is 5.92 Å².